The first-order valence-electron chi connectivity index (χ1n) is 13.2. The minimum Gasteiger partial charge on any atom is -0.478 e. The van der Waals surface area contributed by atoms with E-state index in [9.17, 15) is 24.3 Å². The smallest absolute Gasteiger partial charge is 0.352 e. The average Bonchev–Trinajstić information content (AvgIpc) is 3.56. The van der Waals surface area contributed by atoms with E-state index in [0.717, 1.165) is 35.5 Å². The first kappa shape index (κ1) is 31.2. The molecule has 0 spiro atoms. The van der Waals surface area contributed by atoms with Crippen molar-refractivity contribution in [3.63, 3.8) is 0 Å². The van der Waals surface area contributed by atoms with Crippen molar-refractivity contribution in [3.05, 3.63) is 51.9 Å². The summed E-state index contributed by atoms with van der Waals surface area (Å²) in [5.41, 5.74) is 7.39. The number of nitrogens with zero attached hydrogens (tertiary/aromatic N) is 5. The van der Waals surface area contributed by atoms with Crippen molar-refractivity contribution in [2.75, 3.05) is 25.1 Å². The van der Waals surface area contributed by atoms with E-state index < -0.39 is 47.0 Å². The van der Waals surface area contributed by atoms with Gasteiger partial charge in [0.15, 0.2) is 23.6 Å². The van der Waals surface area contributed by atoms with Crippen LogP contribution in [0.15, 0.2) is 47.0 Å². The van der Waals surface area contributed by atoms with Gasteiger partial charge in [-0.2, -0.15) is 4.57 Å². The number of β-lactam (4-membered cyclic amide) rings is 1. The molecule has 18 heteroatoms. The van der Waals surface area contributed by atoms with E-state index in [1.807, 2.05) is 42.2 Å². The number of anilines is 1. The summed E-state index contributed by atoms with van der Waals surface area (Å²) < 4.78 is 4.05. The number of nitrogens with two attached hydrogens (primary N) is 1. The number of nitrogen functional groups attached to an aromatic ring is 1. The highest BCUT2D eigenvalue weighted by Crippen LogP contribution is 2.40. The van der Waals surface area contributed by atoms with Crippen molar-refractivity contribution in [2.24, 2.45) is 5.16 Å². The van der Waals surface area contributed by atoms with Crippen LogP contribution in [0.1, 0.15) is 12.6 Å². The molecule has 1 saturated heterocycles. The van der Waals surface area contributed by atoms with Gasteiger partial charge < -0.3 is 36.0 Å². The van der Waals surface area contributed by atoms with Crippen LogP contribution in [0.3, 0.4) is 0 Å². The molecule has 2 aliphatic heterocycles. The Morgan fingerprint density at radius 1 is 1.34 bits per heavy atom. The lowest BCUT2D eigenvalue weighted by Gasteiger charge is -2.49. The van der Waals surface area contributed by atoms with Crippen LogP contribution in [-0.4, -0.2) is 91.0 Å². The molecule has 0 saturated carbocycles. The Bertz CT molecular complexity index is 1720. The Kier molecular flexibility index (Phi) is 9.10. The fourth-order valence-electron chi connectivity index (χ4n) is 4.83. The zero-order chi connectivity index (χ0) is 31.7. The van der Waals surface area contributed by atoms with Crippen molar-refractivity contribution >= 4 is 80.3 Å². The van der Waals surface area contributed by atoms with Gasteiger partial charge in [-0.25, -0.2) is 14.6 Å². The number of nitrogens with one attached hydrogen (secondary N) is 2. The molecule has 15 nitrogen and oxygen atoms in total. The number of fused-ring (bicyclic) bond motifs is 2. The number of thioether (sulfide) groups is 1. The average molecular weight is 664 g/mol. The van der Waals surface area contributed by atoms with Gasteiger partial charge >= 0.3 is 11.9 Å². The minimum absolute atomic E-state index is 0.00205. The topological polar surface area (TPSA) is 205 Å². The molecule has 2 unspecified atom stereocenters. The highest BCUT2D eigenvalue weighted by molar-refractivity contribution is 8.00. The number of hydrogen-bond acceptors (Lipinski definition) is 11. The van der Waals surface area contributed by atoms with Gasteiger partial charge in [-0.3, -0.25) is 14.5 Å². The molecule has 5 rings (SSSR count). The molecule has 232 valence electrons. The second-order valence-corrected chi connectivity index (χ2v) is 12.6. The maximum atomic E-state index is 13.3. The number of aromatic nitrogens is 3. The lowest BCUT2D eigenvalue weighted by Crippen LogP contribution is -2.71. The van der Waals surface area contributed by atoms with E-state index in [0.29, 0.717) is 11.3 Å². The molecule has 0 aliphatic carbocycles. The fraction of sp³-hybridized carbons (Fsp3) is 0.346. The second kappa shape index (κ2) is 12.8. The number of hydrogen-bond donors (Lipinski definition) is 5. The molecule has 2 amide bonds. The number of thiazole rings is 1. The number of carbonyl (C=O) groups is 4. The summed E-state index contributed by atoms with van der Waals surface area (Å²) in [5, 5.41) is 27.9. The van der Waals surface area contributed by atoms with E-state index >= 15 is 0 Å². The number of aliphatic carboxylic acids is 2. The standard InChI is InChI=1S/C26H27ClN8O7S2/c1-12(24(38)39)42-32-17(16-20(27)44-26(28)31-16)21(36)30-18-22(37)35-19(25(40)41)13(11-43-23(18)35)10-34-7-3-4-14-15(34)5-8-33(14)9-6-29-2/h3-5,7-8,12,18,23,29H,6,9-11H2,1-2H3,(H4-,28,30,31,36,38,39,40,41)/p+1/b32-17-/t12-,18?,23?/m0/s1. The summed E-state index contributed by atoms with van der Waals surface area (Å²) >= 11 is 8.34. The fourth-order valence-corrected chi connectivity index (χ4v) is 7.10. The molecule has 44 heavy (non-hydrogen) atoms. The predicted octanol–water partition coefficient (Wildman–Crippen LogP) is 0.473. The van der Waals surface area contributed by atoms with Crippen LogP contribution in [0.2, 0.25) is 4.34 Å². The van der Waals surface area contributed by atoms with Crippen LogP contribution in [0, 0.1) is 0 Å². The normalized spacial score (nSPS) is 19.0. The van der Waals surface area contributed by atoms with Crippen LogP contribution in [-0.2, 0) is 37.1 Å². The molecular weight excluding hydrogens is 636 g/mol. The number of carbonyl (C=O) groups excluding carboxylic acids is 2. The van der Waals surface area contributed by atoms with E-state index in [1.54, 1.807) is 0 Å². The molecular formula is C26H28ClN8O7S2+. The first-order chi connectivity index (χ1) is 21.0. The molecule has 3 aromatic heterocycles. The Balaban J connectivity index is 1.38. The van der Waals surface area contributed by atoms with Crippen LogP contribution < -0.4 is 20.9 Å². The van der Waals surface area contributed by atoms with Gasteiger partial charge in [0.2, 0.25) is 11.6 Å². The van der Waals surface area contributed by atoms with Crippen LogP contribution >= 0.6 is 34.7 Å². The first-order valence-corrected chi connectivity index (χ1v) is 15.5. The van der Waals surface area contributed by atoms with Gasteiger partial charge in [0.1, 0.15) is 32.7 Å². The number of rotatable bonds is 12. The van der Waals surface area contributed by atoms with Crippen LogP contribution in [0.4, 0.5) is 5.13 Å². The Hall–Kier alpha value is -4.19. The monoisotopic (exact) mass is 663 g/mol. The number of carboxylic acids is 2. The molecule has 3 atom stereocenters. The number of carboxylic acid groups (broad SMARTS) is 2. The summed E-state index contributed by atoms with van der Waals surface area (Å²) in [6.07, 6.45) is 2.43. The SMILES string of the molecule is CNCCn1ccc2c1ccc[n+]2CC1=C(C(=O)O)N2C(=O)C(NC(=O)/C(=N\O[C@@H](C)C(=O)O)c3nc(N)sc3Cl)C2SC1. The van der Waals surface area contributed by atoms with Gasteiger partial charge in [-0.15, -0.1) is 11.8 Å². The third-order valence-corrected chi connectivity index (χ3v) is 9.43. The molecule has 2 aliphatic rings. The van der Waals surface area contributed by atoms with Crippen LogP contribution in [0.5, 0.6) is 0 Å². The zero-order valence-electron chi connectivity index (χ0n) is 23.4. The third kappa shape index (κ3) is 5.95. The Morgan fingerprint density at radius 2 is 2.11 bits per heavy atom. The van der Waals surface area contributed by atoms with Crippen LogP contribution in [0.25, 0.3) is 11.0 Å². The quantitative estimate of drug-likeness (QED) is 0.0779. The highest BCUT2D eigenvalue weighted by atomic mass is 35.5. The van der Waals surface area contributed by atoms with Crippen molar-refractivity contribution in [1.29, 1.82) is 0 Å². The van der Waals surface area contributed by atoms with Gasteiger partial charge in [0, 0.05) is 42.7 Å². The van der Waals surface area contributed by atoms with Gasteiger partial charge in [-0.1, -0.05) is 28.1 Å². The van der Waals surface area contributed by atoms with E-state index in [1.165, 1.54) is 23.6 Å². The number of pyridine rings is 1. The minimum atomic E-state index is -1.40. The van der Waals surface area contributed by atoms with E-state index in [-0.39, 0.29) is 27.4 Å². The number of halogens is 1. The van der Waals surface area contributed by atoms with E-state index in [4.69, 9.17) is 27.3 Å². The molecule has 6 N–H and O–H groups in total. The largest absolute Gasteiger partial charge is 0.478 e. The van der Waals surface area contributed by atoms with Gasteiger partial charge in [0.05, 0.1) is 0 Å². The molecule has 3 aromatic rings. The van der Waals surface area contributed by atoms with Crippen molar-refractivity contribution < 1.29 is 38.8 Å². The lowest BCUT2D eigenvalue weighted by atomic mass is 10.0. The van der Waals surface area contributed by atoms with Crippen molar-refractivity contribution in [1.82, 2.24) is 25.1 Å². The molecule has 5 heterocycles. The third-order valence-electron chi connectivity index (χ3n) is 7.01. The summed E-state index contributed by atoms with van der Waals surface area (Å²) in [6.45, 7) is 3.00. The highest BCUT2D eigenvalue weighted by Gasteiger charge is 2.55. The molecule has 1 fully saturated rings. The number of amides is 2. The van der Waals surface area contributed by atoms with Crippen molar-refractivity contribution in [3.8, 4) is 0 Å². The number of likely N-dealkylation sites (N-methyl/N-ethyl adjacent to an activating group) is 1. The summed E-state index contributed by atoms with van der Waals surface area (Å²) in [6, 6.07) is 4.75. The molecule has 0 aromatic carbocycles. The lowest BCUT2D eigenvalue weighted by molar-refractivity contribution is -0.663. The van der Waals surface area contributed by atoms with Gasteiger partial charge in [-0.05, 0) is 20.0 Å². The zero-order valence-corrected chi connectivity index (χ0v) is 25.8. The maximum Gasteiger partial charge on any atom is 0.352 e. The van der Waals surface area contributed by atoms with Gasteiger partial charge in [0.25, 0.3) is 11.8 Å². The second-order valence-electron chi connectivity index (χ2n) is 9.84. The summed E-state index contributed by atoms with van der Waals surface area (Å²) in [5.74, 6) is -3.85. The Labute approximate surface area is 263 Å². The maximum absolute atomic E-state index is 13.3. The molecule has 0 radical (unpaired) electrons. The van der Waals surface area contributed by atoms with Crippen molar-refractivity contribution in [2.45, 2.75) is 37.5 Å². The molecule has 0 bridgehead atoms. The predicted molar refractivity (Wildman–Crippen MR) is 162 cm³/mol. The summed E-state index contributed by atoms with van der Waals surface area (Å²) in [7, 11) is 1.88. The summed E-state index contributed by atoms with van der Waals surface area (Å²) in [4.78, 5) is 60.4. The number of oxime groups is 1. The van der Waals surface area contributed by atoms with E-state index in [2.05, 4.69) is 25.3 Å². The Morgan fingerprint density at radius 3 is 2.77 bits per heavy atom.